The molecular weight excluding hydrogens is 474 g/mol. The summed E-state index contributed by atoms with van der Waals surface area (Å²) < 4.78 is 0. The van der Waals surface area contributed by atoms with Gasteiger partial charge in [0.05, 0.1) is 15.5 Å². The Balaban J connectivity index is 0.000000369. The minimum absolute atomic E-state index is 0.123. The zero-order chi connectivity index (χ0) is 26.9. The number of unbranched alkanes of at least 4 members (excludes halogenated alkanes) is 3. The Hall–Kier alpha value is -3.29. The molecule has 7 nitrogen and oxygen atoms in total. The Kier molecular flexibility index (Phi) is 14.7. The topological polar surface area (TPSA) is 97.2 Å². The van der Waals surface area contributed by atoms with Crippen LogP contribution in [0.25, 0.3) is 0 Å². The fraction of sp³-hybridized carbons (Fsp3) is 0.500. The van der Waals surface area contributed by atoms with E-state index in [0.29, 0.717) is 10.6 Å². The molecule has 8 heteroatoms. The minimum Gasteiger partial charge on any atom is -0.372 e. The number of halogens is 1. The quantitative estimate of drug-likeness (QED) is 0.202. The van der Waals surface area contributed by atoms with Gasteiger partial charge in [0, 0.05) is 43.6 Å². The normalized spacial score (nSPS) is 9.97. The molecule has 0 amide bonds. The van der Waals surface area contributed by atoms with Crippen molar-refractivity contribution in [3.8, 4) is 12.1 Å². The van der Waals surface area contributed by atoms with Crippen molar-refractivity contribution in [1.82, 2.24) is 0 Å². The van der Waals surface area contributed by atoms with Crippen LogP contribution in [0.4, 0.5) is 17.1 Å². The van der Waals surface area contributed by atoms with Crippen LogP contribution in [0.3, 0.4) is 0 Å². The highest BCUT2D eigenvalue weighted by Crippen LogP contribution is 2.25. The Bertz CT molecular complexity index is 1040. The van der Waals surface area contributed by atoms with Crippen LogP contribution in [0, 0.1) is 32.8 Å². The van der Waals surface area contributed by atoms with Crippen LogP contribution in [0.15, 0.2) is 36.4 Å². The van der Waals surface area contributed by atoms with Gasteiger partial charge in [0.15, 0.2) is 0 Å². The first-order chi connectivity index (χ1) is 17.4. The van der Waals surface area contributed by atoms with E-state index in [9.17, 15) is 10.1 Å². The third-order valence-electron chi connectivity index (χ3n) is 5.83. The van der Waals surface area contributed by atoms with Crippen molar-refractivity contribution in [3.05, 3.63) is 62.7 Å². The van der Waals surface area contributed by atoms with Gasteiger partial charge in [-0.25, -0.2) is 0 Å². The maximum absolute atomic E-state index is 10.8. The van der Waals surface area contributed by atoms with Crippen LogP contribution < -0.4 is 9.80 Å². The number of hydrogen-bond acceptors (Lipinski definition) is 6. The summed E-state index contributed by atoms with van der Waals surface area (Å²) in [6.07, 6.45) is 6.69. The smallest absolute Gasteiger partial charge is 0.287 e. The van der Waals surface area contributed by atoms with E-state index in [1.165, 1.54) is 18.9 Å². The van der Waals surface area contributed by atoms with E-state index in [1.807, 2.05) is 18.2 Å². The fourth-order valence-corrected chi connectivity index (χ4v) is 3.86. The second-order valence-corrected chi connectivity index (χ2v) is 8.88. The predicted octanol–water partition coefficient (Wildman–Crippen LogP) is 7.71. The Morgan fingerprint density at radius 2 is 1.31 bits per heavy atom. The molecule has 0 aliphatic rings. The summed E-state index contributed by atoms with van der Waals surface area (Å²) in [6.45, 7) is 12.4. The summed E-state index contributed by atoms with van der Waals surface area (Å²) in [5, 5.41) is 29.2. The molecule has 0 radical (unpaired) electrons. The van der Waals surface area contributed by atoms with Crippen molar-refractivity contribution in [2.75, 3.05) is 36.0 Å². The number of nitro benzene ring substituents is 1. The minimum atomic E-state index is -0.509. The molecule has 36 heavy (non-hydrogen) atoms. The molecule has 0 fully saturated rings. The highest BCUT2D eigenvalue weighted by atomic mass is 35.5. The zero-order valence-electron chi connectivity index (χ0n) is 22.0. The van der Waals surface area contributed by atoms with Crippen molar-refractivity contribution in [3.63, 3.8) is 0 Å². The summed E-state index contributed by atoms with van der Waals surface area (Å²) in [5.74, 6) is 0. The summed E-state index contributed by atoms with van der Waals surface area (Å²) in [6, 6.07) is 14.4. The first-order valence-electron chi connectivity index (χ1n) is 12.7. The number of hydrogen-bond donors (Lipinski definition) is 0. The van der Waals surface area contributed by atoms with E-state index in [-0.39, 0.29) is 11.3 Å². The van der Waals surface area contributed by atoms with Gasteiger partial charge in [-0.05, 0) is 56.5 Å². The van der Waals surface area contributed by atoms with Gasteiger partial charge in [-0.1, -0.05) is 51.6 Å². The summed E-state index contributed by atoms with van der Waals surface area (Å²) >= 11 is 6.02. The fourth-order valence-electron chi connectivity index (χ4n) is 3.65. The lowest BCUT2D eigenvalue weighted by Gasteiger charge is -2.24. The molecule has 0 unspecified atom stereocenters. The highest BCUT2D eigenvalue weighted by Gasteiger charge is 2.16. The largest absolute Gasteiger partial charge is 0.372 e. The maximum Gasteiger partial charge on any atom is 0.287 e. The van der Waals surface area contributed by atoms with Gasteiger partial charge in [0.25, 0.3) is 5.69 Å². The van der Waals surface area contributed by atoms with Crippen LogP contribution in [0.1, 0.15) is 77.3 Å². The second kappa shape index (κ2) is 17.2. The van der Waals surface area contributed by atoms with Gasteiger partial charge in [-0.3, -0.25) is 10.1 Å². The zero-order valence-corrected chi connectivity index (χ0v) is 22.7. The third-order valence-corrected chi connectivity index (χ3v) is 6.14. The van der Waals surface area contributed by atoms with E-state index in [1.54, 1.807) is 18.2 Å². The van der Waals surface area contributed by atoms with Gasteiger partial charge in [0.2, 0.25) is 0 Å². The molecule has 0 N–H and O–H groups in total. The Morgan fingerprint density at radius 1 is 0.806 bits per heavy atom. The SMILES string of the molecule is CCCCN(CC)c1ccc(C#N)c(Cl)c1.CCCCN(CCCC)c1ccc([N+](=O)[O-])c(C#N)c1. The number of nitrogens with zero attached hydrogens (tertiary/aromatic N) is 5. The van der Waals surface area contributed by atoms with Crippen molar-refractivity contribution >= 4 is 28.7 Å². The van der Waals surface area contributed by atoms with Crippen LogP contribution in [-0.2, 0) is 0 Å². The monoisotopic (exact) mass is 511 g/mol. The van der Waals surface area contributed by atoms with E-state index in [0.717, 1.165) is 63.2 Å². The van der Waals surface area contributed by atoms with Gasteiger partial charge in [-0.2, -0.15) is 10.5 Å². The molecule has 2 aromatic carbocycles. The maximum atomic E-state index is 10.8. The average Bonchev–Trinajstić information content (AvgIpc) is 2.89. The molecule has 2 rings (SSSR count). The molecule has 0 atom stereocenters. The molecule has 0 bridgehead atoms. The number of nitro groups is 1. The van der Waals surface area contributed by atoms with E-state index >= 15 is 0 Å². The van der Waals surface area contributed by atoms with Crippen LogP contribution >= 0.6 is 11.6 Å². The first-order valence-corrected chi connectivity index (χ1v) is 13.1. The van der Waals surface area contributed by atoms with Gasteiger partial charge < -0.3 is 9.80 Å². The summed E-state index contributed by atoms with van der Waals surface area (Å²) in [4.78, 5) is 14.8. The highest BCUT2D eigenvalue weighted by molar-refractivity contribution is 6.32. The van der Waals surface area contributed by atoms with Crippen LogP contribution in [0.5, 0.6) is 0 Å². The van der Waals surface area contributed by atoms with Crippen molar-refractivity contribution in [1.29, 1.82) is 10.5 Å². The van der Waals surface area contributed by atoms with E-state index in [2.05, 4.69) is 43.6 Å². The third kappa shape index (κ3) is 9.76. The Morgan fingerprint density at radius 3 is 1.75 bits per heavy atom. The molecule has 194 valence electrons. The molecular formula is C28H38ClN5O2. The number of anilines is 2. The van der Waals surface area contributed by atoms with Gasteiger partial charge in [-0.15, -0.1) is 0 Å². The molecule has 0 heterocycles. The lowest BCUT2D eigenvalue weighted by Crippen LogP contribution is -2.25. The average molecular weight is 512 g/mol. The molecule has 2 aromatic rings. The second-order valence-electron chi connectivity index (χ2n) is 8.47. The first kappa shape index (κ1) is 30.7. The standard InChI is InChI=1S/C15H21N3O2.C13H17ClN2/c1-3-5-9-17(10-6-4-2)14-7-8-15(18(19)20)13(11-14)12-16;1-3-5-8-16(4-2)12-7-6-11(10-15)13(14)9-12/h7-8,11H,3-6,9-10H2,1-2H3;6-7,9H,3-5,8H2,1-2H3. The molecule has 0 saturated carbocycles. The van der Waals surface area contributed by atoms with Gasteiger partial charge in [0.1, 0.15) is 17.7 Å². The number of benzene rings is 2. The van der Waals surface area contributed by atoms with Crippen molar-refractivity contribution in [2.24, 2.45) is 0 Å². The summed E-state index contributed by atoms with van der Waals surface area (Å²) in [5.41, 5.74) is 2.54. The van der Waals surface area contributed by atoms with Crippen LogP contribution in [0.2, 0.25) is 5.02 Å². The number of rotatable bonds is 13. The van der Waals surface area contributed by atoms with E-state index < -0.39 is 4.92 Å². The molecule has 0 aromatic heterocycles. The van der Waals surface area contributed by atoms with Crippen molar-refractivity contribution < 1.29 is 4.92 Å². The van der Waals surface area contributed by atoms with Crippen molar-refractivity contribution in [2.45, 2.75) is 66.2 Å². The molecule has 0 saturated heterocycles. The van der Waals surface area contributed by atoms with Gasteiger partial charge >= 0.3 is 0 Å². The molecule has 0 aliphatic carbocycles. The molecule has 0 spiro atoms. The van der Waals surface area contributed by atoms with E-state index in [4.69, 9.17) is 22.1 Å². The predicted molar refractivity (Wildman–Crippen MR) is 149 cm³/mol. The number of nitriles is 2. The Labute approximate surface area is 221 Å². The lowest BCUT2D eigenvalue weighted by atomic mass is 10.1. The van der Waals surface area contributed by atoms with Crippen LogP contribution in [-0.4, -0.2) is 31.1 Å². The summed E-state index contributed by atoms with van der Waals surface area (Å²) in [7, 11) is 0. The lowest BCUT2D eigenvalue weighted by molar-refractivity contribution is -0.385. The molecule has 0 aliphatic heterocycles.